The van der Waals surface area contributed by atoms with Crippen LogP contribution >= 0.6 is 0 Å². The van der Waals surface area contributed by atoms with E-state index in [1.807, 2.05) is 0 Å². The van der Waals surface area contributed by atoms with Gasteiger partial charge in [-0.3, -0.25) is 4.79 Å². The minimum atomic E-state index is -3.67. The van der Waals surface area contributed by atoms with Gasteiger partial charge in [0.25, 0.3) is 0 Å². The highest BCUT2D eigenvalue weighted by Crippen LogP contribution is 2.34. The third-order valence-electron chi connectivity index (χ3n) is 3.94. The summed E-state index contributed by atoms with van der Waals surface area (Å²) in [6.45, 7) is 1.36. The Hall–Kier alpha value is -1.80. The van der Waals surface area contributed by atoms with Crippen molar-refractivity contribution in [3.8, 4) is 11.5 Å². The van der Waals surface area contributed by atoms with Crippen molar-refractivity contribution in [3.63, 3.8) is 0 Å². The number of nitrogens with zero attached hydrogens (tertiary/aromatic N) is 1. The third-order valence-corrected chi connectivity index (χ3v) is 5.80. The molecule has 1 aromatic carbocycles. The molecule has 2 aliphatic heterocycles. The van der Waals surface area contributed by atoms with Crippen LogP contribution in [0.1, 0.15) is 12.8 Å². The fraction of sp³-hybridized carbons (Fsp3) is 0.500. The van der Waals surface area contributed by atoms with Crippen molar-refractivity contribution in [2.45, 2.75) is 17.7 Å². The van der Waals surface area contributed by atoms with Crippen molar-refractivity contribution < 1.29 is 22.7 Å². The molecule has 2 aliphatic rings. The normalized spacial score (nSPS) is 22.3. The molecular weight excluding hydrogens is 308 g/mol. The number of hydrogen-bond donors (Lipinski definition) is 1. The largest absolute Gasteiger partial charge is 0.486 e. The minimum Gasteiger partial charge on any atom is -0.486 e. The van der Waals surface area contributed by atoms with E-state index in [-0.39, 0.29) is 11.4 Å². The molecule has 1 saturated heterocycles. The van der Waals surface area contributed by atoms with Crippen LogP contribution in [0, 0.1) is 5.92 Å². The molecule has 0 aliphatic carbocycles. The molecule has 1 atom stereocenters. The zero-order valence-electron chi connectivity index (χ0n) is 12.0. The quantitative estimate of drug-likeness (QED) is 0.864. The van der Waals surface area contributed by atoms with E-state index in [2.05, 4.69) is 0 Å². The van der Waals surface area contributed by atoms with E-state index in [1.54, 1.807) is 6.07 Å². The van der Waals surface area contributed by atoms with Crippen LogP contribution in [0.25, 0.3) is 0 Å². The first-order chi connectivity index (χ1) is 10.5. The van der Waals surface area contributed by atoms with Gasteiger partial charge in [0.1, 0.15) is 13.2 Å². The zero-order valence-corrected chi connectivity index (χ0v) is 12.8. The maximum Gasteiger partial charge on any atom is 0.243 e. The molecule has 0 spiro atoms. The molecule has 7 nitrogen and oxygen atoms in total. The van der Waals surface area contributed by atoms with Gasteiger partial charge in [0, 0.05) is 19.2 Å². The second-order valence-electron chi connectivity index (χ2n) is 5.41. The van der Waals surface area contributed by atoms with Gasteiger partial charge in [-0.25, -0.2) is 8.42 Å². The van der Waals surface area contributed by atoms with Crippen molar-refractivity contribution >= 4 is 15.9 Å². The number of primary amides is 1. The minimum absolute atomic E-state index is 0.131. The molecule has 120 valence electrons. The summed E-state index contributed by atoms with van der Waals surface area (Å²) in [6, 6.07) is 4.56. The summed E-state index contributed by atoms with van der Waals surface area (Å²) in [5.41, 5.74) is 5.31. The topological polar surface area (TPSA) is 98.9 Å². The Labute approximate surface area is 129 Å². The van der Waals surface area contributed by atoms with Crippen molar-refractivity contribution in [3.05, 3.63) is 18.2 Å². The van der Waals surface area contributed by atoms with Gasteiger partial charge in [-0.05, 0) is 25.0 Å². The number of nitrogens with two attached hydrogens (primary N) is 1. The Bertz CT molecular complexity index is 688. The SMILES string of the molecule is NC(=O)[C@@H]1CCCN(S(=O)(=O)c2ccc3c(c2)OCCO3)C1. The maximum atomic E-state index is 12.7. The second-order valence-corrected chi connectivity index (χ2v) is 7.35. The lowest BCUT2D eigenvalue weighted by atomic mass is 9.99. The van der Waals surface area contributed by atoms with E-state index in [1.165, 1.54) is 16.4 Å². The van der Waals surface area contributed by atoms with E-state index < -0.39 is 21.8 Å². The van der Waals surface area contributed by atoms with Crippen LogP contribution in [-0.2, 0) is 14.8 Å². The molecule has 1 aromatic rings. The number of rotatable bonds is 3. The molecule has 0 unspecified atom stereocenters. The molecule has 2 heterocycles. The first-order valence-electron chi connectivity index (χ1n) is 7.17. The van der Waals surface area contributed by atoms with E-state index in [0.717, 1.165) is 0 Å². The van der Waals surface area contributed by atoms with Crippen LogP contribution in [0.4, 0.5) is 0 Å². The average molecular weight is 326 g/mol. The fourth-order valence-electron chi connectivity index (χ4n) is 2.73. The van der Waals surface area contributed by atoms with E-state index in [9.17, 15) is 13.2 Å². The van der Waals surface area contributed by atoms with Gasteiger partial charge >= 0.3 is 0 Å². The van der Waals surface area contributed by atoms with E-state index in [4.69, 9.17) is 15.2 Å². The number of sulfonamides is 1. The first kappa shape index (κ1) is 15.1. The standard InChI is InChI=1S/C14H18N2O5S/c15-14(17)10-2-1-5-16(9-10)22(18,19)11-3-4-12-13(8-11)21-7-6-20-12/h3-4,8,10H,1-2,5-7,9H2,(H2,15,17)/t10-/m1/s1. The van der Waals surface area contributed by atoms with Crippen LogP contribution in [0.3, 0.4) is 0 Å². The van der Waals surface area contributed by atoms with E-state index in [0.29, 0.717) is 44.1 Å². The number of hydrogen-bond acceptors (Lipinski definition) is 5. The van der Waals surface area contributed by atoms with Crippen molar-refractivity contribution in [2.24, 2.45) is 11.7 Å². The highest BCUT2D eigenvalue weighted by molar-refractivity contribution is 7.89. The number of ether oxygens (including phenoxy) is 2. The molecule has 1 amide bonds. The average Bonchev–Trinajstić information content (AvgIpc) is 2.54. The van der Waals surface area contributed by atoms with Crippen LogP contribution in [0.2, 0.25) is 0 Å². The van der Waals surface area contributed by atoms with Gasteiger partial charge in [-0.1, -0.05) is 0 Å². The molecule has 0 radical (unpaired) electrons. The van der Waals surface area contributed by atoms with Crippen LogP contribution < -0.4 is 15.2 Å². The van der Waals surface area contributed by atoms with E-state index >= 15 is 0 Å². The molecule has 0 bridgehead atoms. The Kier molecular flexibility index (Phi) is 3.96. The molecule has 3 rings (SSSR count). The zero-order chi connectivity index (χ0) is 15.7. The summed E-state index contributed by atoms with van der Waals surface area (Å²) >= 11 is 0. The first-order valence-corrected chi connectivity index (χ1v) is 8.61. The van der Waals surface area contributed by atoms with Gasteiger partial charge < -0.3 is 15.2 Å². The number of piperidine rings is 1. The Morgan fingerprint density at radius 1 is 1.23 bits per heavy atom. The van der Waals surface area contributed by atoms with Crippen molar-refractivity contribution in [1.29, 1.82) is 0 Å². The molecule has 8 heteroatoms. The molecule has 22 heavy (non-hydrogen) atoms. The summed E-state index contributed by atoms with van der Waals surface area (Å²) in [5, 5.41) is 0. The molecule has 1 fully saturated rings. The fourth-order valence-corrected chi connectivity index (χ4v) is 4.27. The Morgan fingerprint density at radius 3 is 2.68 bits per heavy atom. The smallest absolute Gasteiger partial charge is 0.243 e. The van der Waals surface area contributed by atoms with Crippen LogP contribution in [-0.4, -0.2) is 44.9 Å². The number of fused-ring (bicyclic) bond motifs is 1. The lowest BCUT2D eigenvalue weighted by Gasteiger charge is -2.30. The predicted octanol–water partition coefficient (Wildman–Crippen LogP) is 0.344. The summed E-state index contributed by atoms with van der Waals surface area (Å²) in [4.78, 5) is 11.5. The molecule has 2 N–H and O–H groups in total. The van der Waals surface area contributed by atoms with Gasteiger partial charge in [0.05, 0.1) is 10.8 Å². The summed E-state index contributed by atoms with van der Waals surface area (Å²) in [7, 11) is -3.67. The van der Waals surface area contributed by atoms with Gasteiger partial charge in [0.2, 0.25) is 15.9 Å². The number of amides is 1. The maximum absolute atomic E-state index is 12.7. The highest BCUT2D eigenvalue weighted by Gasteiger charge is 2.33. The lowest BCUT2D eigenvalue weighted by molar-refractivity contribution is -0.122. The summed E-state index contributed by atoms with van der Waals surface area (Å²) in [5.74, 6) is 0.0810. The summed E-state index contributed by atoms with van der Waals surface area (Å²) < 4.78 is 37.6. The Morgan fingerprint density at radius 2 is 1.95 bits per heavy atom. The molecular formula is C14H18N2O5S. The lowest BCUT2D eigenvalue weighted by Crippen LogP contribution is -2.44. The van der Waals surface area contributed by atoms with Crippen molar-refractivity contribution in [1.82, 2.24) is 4.31 Å². The molecule has 0 saturated carbocycles. The van der Waals surface area contributed by atoms with Crippen LogP contribution in [0.15, 0.2) is 23.1 Å². The number of carbonyl (C=O) groups is 1. The van der Waals surface area contributed by atoms with Crippen molar-refractivity contribution in [2.75, 3.05) is 26.3 Å². The molecule has 0 aromatic heterocycles. The third kappa shape index (κ3) is 2.76. The Balaban J connectivity index is 1.87. The monoisotopic (exact) mass is 326 g/mol. The van der Waals surface area contributed by atoms with Crippen LogP contribution in [0.5, 0.6) is 11.5 Å². The van der Waals surface area contributed by atoms with Gasteiger partial charge in [0.15, 0.2) is 11.5 Å². The predicted molar refractivity (Wildman–Crippen MR) is 78.1 cm³/mol. The van der Waals surface area contributed by atoms with Gasteiger partial charge in [-0.15, -0.1) is 0 Å². The summed E-state index contributed by atoms with van der Waals surface area (Å²) in [6.07, 6.45) is 1.25. The highest BCUT2D eigenvalue weighted by atomic mass is 32.2. The number of carbonyl (C=O) groups excluding carboxylic acids is 1. The number of benzene rings is 1. The van der Waals surface area contributed by atoms with Gasteiger partial charge in [-0.2, -0.15) is 4.31 Å². The second kappa shape index (κ2) is 5.77.